The van der Waals surface area contributed by atoms with Crippen LogP contribution in [0.15, 0.2) is 35.1 Å². The van der Waals surface area contributed by atoms with Gasteiger partial charge in [0.15, 0.2) is 0 Å². The molecular formula is C13H13FN2O2. The lowest BCUT2D eigenvalue weighted by molar-refractivity contribution is 0.0769. The van der Waals surface area contributed by atoms with E-state index in [1.54, 1.807) is 12.1 Å². The Bertz CT molecular complexity index is 612. The van der Waals surface area contributed by atoms with E-state index in [9.17, 15) is 14.3 Å². The van der Waals surface area contributed by atoms with Crippen molar-refractivity contribution in [2.45, 2.75) is 19.4 Å². The summed E-state index contributed by atoms with van der Waals surface area (Å²) >= 11 is 0. The molecule has 4 nitrogen and oxygen atoms in total. The van der Waals surface area contributed by atoms with Crippen LogP contribution in [0, 0.1) is 5.82 Å². The Balaban J connectivity index is 2.54. The monoisotopic (exact) mass is 248 g/mol. The van der Waals surface area contributed by atoms with Crippen LogP contribution in [0.5, 0.6) is 0 Å². The molecule has 0 saturated heterocycles. The number of benzene rings is 1. The van der Waals surface area contributed by atoms with Gasteiger partial charge in [-0.25, -0.2) is 9.49 Å². The van der Waals surface area contributed by atoms with Crippen LogP contribution in [0.25, 0.3) is 11.3 Å². The fraction of sp³-hybridized carbons (Fsp3) is 0.231. The van der Waals surface area contributed by atoms with Crippen LogP contribution in [-0.2, 0) is 5.60 Å². The summed E-state index contributed by atoms with van der Waals surface area (Å²) in [5.41, 5.74) is -0.333. The van der Waals surface area contributed by atoms with E-state index in [-0.39, 0.29) is 11.4 Å². The van der Waals surface area contributed by atoms with E-state index in [0.717, 1.165) is 0 Å². The Labute approximate surface area is 103 Å². The highest BCUT2D eigenvalue weighted by Crippen LogP contribution is 2.21. The van der Waals surface area contributed by atoms with Crippen molar-refractivity contribution in [1.82, 2.24) is 10.2 Å². The first-order valence-corrected chi connectivity index (χ1v) is 5.46. The minimum absolute atomic E-state index is 0.219. The van der Waals surface area contributed by atoms with Crippen molar-refractivity contribution < 1.29 is 9.50 Å². The number of H-pyrrole nitrogens is 1. The molecule has 1 heterocycles. The number of halogens is 1. The molecule has 5 heteroatoms. The maximum absolute atomic E-state index is 12.8. The van der Waals surface area contributed by atoms with Crippen molar-refractivity contribution >= 4 is 0 Å². The molecule has 2 aromatic rings. The molecule has 2 N–H and O–H groups in total. The Kier molecular flexibility index (Phi) is 3.00. The number of hydrogen-bond acceptors (Lipinski definition) is 3. The summed E-state index contributed by atoms with van der Waals surface area (Å²) in [7, 11) is 0. The van der Waals surface area contributed by atoms with Gasteiger partial charge in [0.2, 0.25) is 0 Å². The smallest absolute Gasteiger partial charge is 0.270 e. The molecule has 0 radical (unpaired) electrons. The lowest BCUT2D eigenvalue weighted by Crippen LogP contribution is -2.27. The van der Waals surface area contributed by atoms with E-state index in [1.807, 2.05) is 0 Å². The van der Waals surface area contributed by atoms with Crippen LogP contribution in [0.1, 0.15) is 19.4 Å². The molecule has 0 aliphatic rings. The minimum atomic E-state index is -1.26. The molecule has 18 heavy (non-hydrogen) atoms. The van der Waals surface area contributed by atoms with Crippen LogP contribution >= 0.6 is 0 Å². The van der Waals surface area contributed by atoms with Gasteiger partial charge in [0.25, 0.3) is 5.56 Å². The standard InChI is InChI=1S/C13H13FN2O2/c1-13(2,18)10-7-11(15-16-12(10)17)8-3-5-9(14)6-4-8/h3-7,18H,1-2H3,(H,16,17). The summed E-state index contributed by atoms with van der Waals surface area (Å²) in [6.07, 6.45) is 0. The minimum Gasteiger partial charge on any atom is -0.386 e. The summed E-state index contributed by atoms with van der Waals surface area (Å²) < 4.78 is 12.8. The van der Waals surface area contributed by atoms with Gasteiger partial charge in [-0.2, -0.15) is 5.10 Å². The largest absolute Gasteiger partial charge is 0.386 e. The predicted octanol–water partition coefficient (Wildman–Crippen LogP) is 1.80. The highest BCUT2D eigenvalue weighted by atomic mass is 19.1. The van der Waals surface area contributed by atoms with Crippen molar-refractivity contribution in [2.75, 3.05) is 0 Å². The first-order chi connectivity index (χ1) is 8.38. The Morgan fingerprint density at radius 3 is 2.44 bits per heavy atom. The second-order valence-electron chi connectivity index (χ2n) is 4.56. The van der Waals surface area contributed by atoms with Crippen molar-refractivity contribution in [3.63, 3.8) is 0 Å². The number of hydrogen-bond donors (Lipinski definition) is 2. The summed E-state index contributed by atoms with van der Waals surface area (Å²) in [6.45, 7) is 3.04. The first kappa shape index (κ1) is 12.4. The van der Waals surface area contributed by atoms with E-state index >= 15 is 0 Å². The number of aromatic amines is 1. The number of aromatic nitrogens is 2. The van der Waals surface area contributed by atoms with Gasteiger partial charge < -0.3 is 5.11 Å². The summed E-state index contributed by atoms with van der Waals surface area (Å²) in [6, 6.07) is 7.25. The average Bonchev–Trinajstić information content (AvgIpc) is 2.29. The molecule has 0 unspecified atom stereocenters. The van der Waals surface area contributed by atoms with Crippen LogP contribution < -0.4 is 5.56 Å². The van der Waals surface area contributed by atoms with Gasteiger partial charge in [-0.05, 0) is 44.2 Å². The zero-order valence-electron chi connectivity index (χ0n) is 10.1. The number of rotatable bonds is 2. The lowest BCUT2D eigenvalue weighted by atomic mass is 9.98. The van der Waals surface area contributed by atoms with Crippen molar-refractivity contribution in [2.24, 2.45) is 0 Å². The average molecular weight is 248 g/mol. The third kappa shape index (κ3) is 2.46. The van der Waals surface area contributed by atoms with Gasteiger partial charge in [-0.15, -0.1) is 0 Å². The second kappa shape index (κ2) is 4.34. The molecule has 0 spiro atoms. The number of nitrogens with one attached hydrogen (secondary N) is 1. The molecule has 2 rings (SSSR count). The van der Waals surface area contributed by atoms with E-state index in [1.165, 1.54) is 32.0 Å². The van der Waals surface area contributed by atoms with Gasteiger partial charge in [-0.3, -0.25) is 4.79 Å². The molecule has 94 valence electrons. The molecule has 0 bridgehead atoms. The van der Waals surface area contributed by atoms with Gasteiger partial charge >= 0.3 is 0 Å². The summed E-state index contributed by atoms with van der Waals surface area (Å²) in [5.74, 6) is -0.342. The van der Waals surface area contributed by atoms with Gasteiger partial charge in [0.1, 0.15) is 5.82 Å². The van der Waals surface area contributed by atoms with Gasteiger partial charge in [0.05, 0.1) is 16.9 Å². The van der Waals surface area contributed by atoms with E-state index in [0.29, 0.717) is 11.3 Å². The fourth-order valence-corrected chi connectivity index (χ4v) is 1.63. The summed E-state index contributed by atoms with van der Waals surface area (Å²) in [4.78, 5) is 11.6. The lowest BCUT2D eigenvalue weighted by Gasteiger charge is -2.16. The molecule has 1 aromatic heterocycles. The number of aliphatic hydroxyl groups is 1. The third-order valence-electron chi connectivity index (χ3n) is 2.60. The topological polar surface area (TPSA) is 66.0 Å². The molecule has 1 aromatic carbocycles. The van der Waals surface area contributed by atoms with E-state index in [4.69, 9.17) is 0 Å². The highest BCUT2D eigenvalue weighted by molar-refractivity contribution is 5.59. The maximum Gasteiger partial charge on any atom is 0.270 e. The molecular weight excluding hydrogens is 235 g/mol. The van der Waals surface area contributed by atoms with Crippen LogP contribution in [0.2, 0.25) is 0 Å². The third-order valence-corrected chi connectivity index (χ3v) is 2.60. The zero-order chi connectivity index (χ0) is 13.3. The Morgan fingerprint density at radius 1 is 1.28 bits per heavy atom. The van der Waals surface area contributed by atoms with Crippen molar-refractivity contribution in [1.29, 1.82) is 0 Å². The van der Waals surface area contributed by atoms with E-state index in [2.05, 4.69) is 10.2 Å². The van der Waals surface area contributed by atoms with Crippen molar-refractivity contribution in [3.05, 3.63) is 52.1 Å². The van der Waals surface area contributed by atoms with Crippen molar-refractivity contribution in [3.8, 4) is 11.3 Å². The van der Waals surface area contributed by atoms with E-state index < -0.39 is 11.2 Å². The maximum atomic E-state index is 12.8. The van der Waals surface area contributed by atoms with Crippen LogP contribution in [-0.4, -0.2) is 15.3 Å². The molecule has 0 atom stereocenters. The molecule has 0 saturated carbocycles. The zero-order valence-corrected chi connectivity index (χ0v) is 10.1. The van der Waals surface area contributed by atoms with Gasteiger partial charge in [0, 0.05) is 5.56 Å². The molecule has 0 amide bonds. The summed E-state index contributed by atoms with van der Waals surface area (Å²) in [5, 5.41) is 16.1. The highest BCUT2D eigenvalue weighted by Gasteiger charge is 2.21. The fourth-order valence-electron chi connectivity index (χ4n) is 1.63. The second-order valence-corrected chi connectivity index (χ2v) is 4.56. The van der Waals surface area contributed by atoms with Crippen LogP contribution in [0.3, 0.4) is 0 Å². The first-order valence-electron chi connectivity index (χ1n) is 5.46. The predicted molar refractivity (Wildman–Crippen MR) is 65.5 cm³/mol. The number of nitrogens with zero attached hydrogens (tertiary/aromatic N) is 1. The Morgan fingerprint density at radius 2 is 1.89 bits per heavy atom. The normalized spacial score (nSPS) is 11.6. The molecule has 0 aliphatic heterocycles. The van der Waals surface area contributed by atoms with Gasteiger partial charge in [-0.1, -0.05) is 0 Å². The molecule has 0 aliphatic carbocycles. The quantitative estimate of drug-likeness (QED) is 0.851. The van der Waals surface area contributed by atoms with Crippen LogP contribution in [0.4, 0.5) is 4.39 Å². The SMILES string of the molecule is CC(C)(O)c1cc(-c2ccc(F)cc2)n[nH]c1=O. The Hall–Kier alpha value is -2.01. The molecule has 0 fully saturated rings.